The van der Waals surface area contributed by atoms with Crippen LogP contribution < -0.4 is 5.56 Å². The van der Waals surface area contributed by atoms with Crippen molar-refractivity contribution in [3.05, 3.63) is 55.8 Å². The Labute approximate surface area is 106 Å². The summed E-state index contributed by atoms with van der Waals surface area (Å²) < 4.78 is 2.26. The molecule has 0 aliphatic rings. The number of aromatic nitrogens is 3. The van der Waals surface area contributed by atoms with Gasteiger partial charge >= 0.3 is 0 Å². The first-order valence-electron chi connectivity index (χ1n) is 4.80. The first-order valence-corrected chi connectivity index (χ1v) is 5.88. The maximum Gasteiger partial charge on any atom is 0.268 e. The monoisotopic (exact) mass is 327 g/mol. The number of aryl methyl sites for hydroxylation is 1. The molecule has 4 nitrogen and oxygen atoms in total. The Bertz CT molecular complexity index is 565. The molecule has 0 unspecified atom stereocenters. The van der Waals surface area contributed by atoms with Gasteiger partial charge in [-0.15, -0.1) is 0 Å². The largest absolute Gasteiger partial charge is 0.268 e. The molecule has 5 heteroatoms. The molecule has 0 N–H and O–H groups in total. The Kier molecular flexibility index (Phi) is 3.33. The number of hydrogen-bond acceptors (Lipinski definition) is 3. The molecular weight excluding hydrogens is 317 g/mol. The lowest BCUT2D eigenvalue weighted by Crippen LogP contribution is -2.23. The van der Waals surface area contributed by atoms with Crippen LogP contribution >= 0.6 is 22.6 Å². The number of hydrogen-bond donors (Lipinski definition) is 0. The van der Waals surface area contributed by atoms with Gasteiger partial charge in [-0.05, 0) is 41.1 Å². The molecule has 82 valence electrons. The third kappa shape index (κ3) is 2.46. The lowest BCUT2D eigenvalue weighted by atomic mass is 10.2. The molecule has 2 heterocycles. The van der Waals surface area contributed by atoms with Crippen LogP contribution in [0.5, 0.6) is 0 Å². The zero-order valence-electron chi connectivity index (χ0n) is 8.72. The first kappa shape index (κ1) is 11.3. The van der Waals surface area contributed by atoms with Gasteiger partial charge in [0.2, 0.25) is 0 Å². The molecule has 0 fully saturated rings. The zero-order chi connectivity index (χ0) is 11.5. The quantitative estimate of drug-likeness (QED) is 0.787. The third-order valence-electron chi connectivity index (χ3n) is 2.25. The van der Waals surface area contributed by atoms with Crippen LogP contribution in [0.3, 0.4) is 0 Å². The Morgan fingerprint density at radius 1 is 1.50 bits per heavy atom. The highest BCUT2D eigenvalue weighted by atomic mass is 127. The summed E-state index contributed by atoms with van der Waals surface area (Å²) in [4.78, 5) is 15.9. The van der Waals surface area contributed by atoms with Gasteiger partial charge in [-0.25, -0.2) is 4.68 Å². The zero-order valence-corrected chi connectivity index (χ0v) is 10.9. The minimum atomic E-state index is -0.100. The highest BCUT2D eigenvalue weighted by molar-refractivity contribution is 14.1. The molecule has 0 atom stereocenters. The average molecular weight is 327 g/mol. The summed E-state index contributed by atoms with van der Waals surface area (Å²) in [7, 11) is 0. The highest BCUT2D eigenvalue weighted by Crippen LogP contribution is 2.04. The second-order valence-electron chi connectivity index (χ2n) is 3.44. The molecule has 0 amide bonds. The van der Waals surface area contributed by atoms with Gasteiger partial charge in [0.1, 0.15) is 0 Å². The van der Waals surface area contributed by atoms with Crippen molar-refractivity contribution in [3.8, 4) is 0 Å². The van der Waals surface area contributed by atoms with Crippen molar-refractivity contribution in [1.82, 2.24) is 14.8 Å². The summed E-state index contributed by atoms with van der Waals surface area (Å²) in [6, 6.07) is 5.41. The van der Waals surface area contributed by atoms with Crippen LogP contribution in [0.25, 0.3) is 0 Å². The van der Waals surface area contributed by atoms with E-state index >= 15 is 0 Å². The van der Waals surface area contributed by atoms with Gasteiger partial charge in [-0.3, -0.25) is 9.78 Å². The van der Waals surface area contributed by atoms with Gasteiger partial charge in [-0.2, -0.15) is 5.10 Å². The summed E-state index contributed by atoms with van der Waals surface area (Å²) in [5.74, 6) is 0. The highest BCUT2D eigenvalue weighted by Gasteiger charge is 2.03. The molecule has 0 radical (unpaired) electrons. The van der Waals surface area contributed by atoms with Crippen LogP contribution in [0.15, 0.2) is 35.4 Å². The second kappa shape index (κ2) is 4.73. The predicted molar refractivity (Wildman–Crippen MR) is 69.3 cm³/mol. The van der Waals surface area contributed by atoms with Crippen molar-refractivity contribution in [2.45, 2.75) is 13.5 Å². The Morgan fingerprint density at radius 2 is 2.31 bits per heavy atom. The Hall–Kier alpha value is -1.24. The molecule has 0 saturated heterocycles. The fraction of sp³-hybridized carbons (Fsp3) is 0.182. The van der Waals surface area contributed by atoms with Crippen molar-refractivity contribution in [2.24, 2.45) is 0 Å². The van der Waals surface area contributed by atoms with Crippen LogP contribution in [0.2, 0.25) is 0 Å². The lowest BCUT2D eigenvalue weighted by molar-refractivity contribution is 0.623. The number of pyridine rings is 1. The maximum absolute atomic E-state index is 11.6. The lowest BCUT2D eigenvalue weighted by Gasteiger charge is -2.05. The minimum absolute atomic E-state index is 0.100. The summed E-state index contributed by atoms with van der Waals surface area (Å²) >= 11 is 2.07. The molecular formula is C11H10IN3O. The summed E-state index contributed by atoms with van der Waals surface area (Å²) in [5, 5.41) is 4.07. The summed E-state index contributed by atoms with van der Waals surface area (Å²) in [5.41, 5.74) is 1.84. The molecule has 0 spiro atoms. The SMILES string of the molecule is Cc1cccnc1Cn1ncc(I)cc1=O. The maximum atomic E-state index is 11.6. The molecule has 0 aliphatic carbocycles. The number of halogens is 1. The van der Waals surface area contributed by atoms with E-state index < -0.39 is 0 Å². The van der Waals surface area contributed by atoms with Crippen LogP contribution in [0.1, 0.15) is 11.3 Å². The second-order valence-corrected chi connectivity index (χ2v) is 4.68. The van der Waals surface area contributed by atoms with Crippen LogP contribution in [-0.4, -0.2) is 14.8 Å². The van der Waals surface area contributed by atoms with Crippen molar-refractivity contribution < 1.29 is 0 Å². The third-order valence-corrected chi connectivity index (χ3v) is 2.84. The fourth-order valence-electron chi connectivity index (χ4n) is 1.36. The molecule has 16 heavy (non-hydrogen) atoms. The van der Waals surface area contributed by atoms with Crippen molar-refractivity contribution >= 4 is 22.6 Å². The molecule has 0 saturated carbocycles. The van der Waals surface area contributed by atoms with E-state index in [0.717, 1.165) is 14.8 Å². The van der Waals surface area contributed by atoms with E-state index in [0.29, 0.717) is 6.54 Å². The van der Waals surface area contributed by atoms with Crippen LogP contribution in [0.4, 0.5) is 0 Å². The predicted octanol–water partition coefficient (Wildman–Crippen LogP) is 1.60. The molecule has 0 aliphatic heterocycles. The molecule has 2 aromatic heterocycles. The number of nitrogens with zero attached hydrogens (tertiary/aromatic N) is 3. The van der Waals surface area contributed by atoms with Crippen LogP contribution in [-0.2, 0) is 6.54 Å². The Balaban J connectivity index is 2.35. The first-order chi connectivity index (χ1) is 7.66. The molecule has 0 aromatic carbocycles. The summed E-state index contributed by atoms with van der Waals surface area (Å²) in [6.07, 6.45) is 3.39. The molecule has 2 rings (SSSR count). The number of rotatable bonds is 2. The fourth-order valence-corrected chi connectivity index (χ4v) is 1.75. The van der Waals surface area contributed by atoms with Gasteiger partial charge in [0.05, 0.1) is 18.4 Å². The van der Waals surface area contributed by atoms with E-state index in [9.17, 15) is 4.79 Å². The van der Waals surface area contributed by atoms with Crippen molar-refractivity contribution in [2.75, 3.05) is 0 Å². The summed E-state index contributed by atoms with van der Waals surface area (Å²) in [6.45, 7) is 2.39. The van der Waals surface area contributed by atoms with Gasteiger partial charge in [0, 0.05) is 15.8 Å². The van der Waals surface area contributed by atoms with Crippen molar-refractivity contribution in [1.29, 1.82) is 0 Å². The smallest absolute Gasteiger partial charge is 0.268 e. The van der Waals surface area contributed by atoms with Gasteiger partial charge in [-0.1, -0.05) is 6.07 Å². The van der Waals surface area contributed by atoms with Crippen LogP contribution in [0, 0.1) is 10.5 Å². The van der Waals surface area contributed by atoms with Gasteiger partial charge in [0.25, 0.3) is 5.56 Å². The van der Waals surface area contributed by atoms with Gasteiger partial charge in [0.15, 0.2) is 0 Å². The van der Waals surface area contributed by atoms with E-state index in [1.54, 1.807) is 18.5 Å². The van der Waals surface area contributed by atoms with Crippen molar-refractivity contribution in [3.63, 3.8) is 0 Å². The van der Waals surface area contributed by atoms with E-state index in [2.05, 4.69) is 32.7 Å². The average Bonchev–Trinajstić information content (AvgIpc) is 2.25. The van der Waals surface area contributed by atoms with E-state index in [4.69, 9.17) is 0 Å². The van der Waals surface area contributed by atoms with E-state index in [-0.39, 0.29) is 5.56 Å². The normalized spacial score (nSPS) is 10.4. The Morgan fingerprint density at radius 3 is 3.00 bits per heavy atom. The van der Waals surface area contributed by atoms with Gasteiger partial charge < -0.3 is 0 Å². The van der Waals surface area contributed by atoms with E-state index in [1.165, 1.54) is 4.68 Å². The molecule has 2 aromatic rings. The standard InChI is InChI=1S/C11H10IN3O/c1-8-3-2-4-13-10(8)7-15-11(16)5-9(12)6-14-15/h2-6H,7H2,1H3. The molecule has 0 bridgehead atoms. The van der Waals surface area contributed by atoms with E-state index in [1.807, 2.05) is 19.1 Å². The topological polar surface area (TPSA) is 47.8 Å². The minimum Gasteiger partial charge on any atom is -0.268 e.